The second kappa shape index (κ2) is 7.92. The van der Waals surface area contributed by atoms with Crippen LogP contribution in [0.2, 0.25) is 0 Å². The topological polar surface area (TPSA) is 112 Å². The van der Waals surface area contributed by atoms with Crippen molar-refractivity contribution in [3.05, 3.63) is 60.8 Å². The van der Waals surface area contributed by atoms with Gasteiger partial charge in [-0.15, -0.1) is 0 Å². The molecule has 160 valence electrons. The van der Waals surface area contributed by atoms with Crippen molar-refractivity contribution in [2.75, 3.05) is 11.9 Å². The number of hydrogen-bond donors (Lipinski definition) is 2. The molecule has 3 N–H and O–H groups in total. The van der Waals surface area contributed by atoms with E-state index in [1.54, 1.807) is 6.20 Å². The summed E-state index contributed by atoms with van der Waals surface area (Å²) in [5.74, 6) is 1.01. The Bertz CT molecular complexity index is 1350. The summed E-state index contributed by atoms with van der Waals surface area (Å²) in [6, 6.07) is 18.6. The molecule has 0 bridgehead atoms. The highest BCUT2D eigenvalue weighted by atomic mass is 32.2. The number of anilines is 1. The normalized spacial score (nSPS) is 19.3. The highest BCUT2D eigenvalue weighted by Crippen LogP contribution is 2.31. The summed E-state index contributed by atoms with van der Waals surface area (Å²) >= 11 is 0. The molecule has 2 unspecified atom stereocenters. The molecule has 31 heavy (non-hydrogen) atoms. The van der Waals surface area contributed by atoms with E-state index < -0.39 is 10.3 Å². The van der Waals surface area contributed by atoms with E-state index in [9.17, 15) is 8.42 Å². The van der Waals surface area contributed by atoms with Gasteiger partial charge >= 0.3 is 10.3 Å². The van der Waals surface area contributed by atoms with Gasteiger partial charge in [0.05, 0.1) is 12.3 Å². The van der Waals surface area contributed by atoms with Crippen LogP contribution in [0.1, 0.15) is 19.3 Å². The minimum atomic E-state index is -3.90. The first-order valence-corrected chi connectivity index (χ1v) is 11.7. The van der Waals surface area contributed by atoms with Gasteiger partial charge in [0.2, 0.25) is 0 Å². The van der Waals surface area contributed by atoms with Crippen LogP contribution in [0, 0.1) is 5.92 Å². The van der Waals surface area contributed by atoms with Crippen molar-refractivity contribution in [3.8, 4) is 11.3 Å². The summed E-state index contributed by atoms with van der Waals surface area (Å²) in [6.07, 6.45) is 4.36. The number of benzene rings is 2. The molecule has 1 saturated carbocycles. The van der Waals surface area contributed by atoms with Gasteiger partial charge in [0, 0.05) is 23.9 Å². The molecule has 2 atom stereocenters. The Morgan fingerprint density at radius 1 is 1.13 bits per heavy atom. The van der Waals surface area contributed by atoms with E-state index in [2.05, 4.69) is 34.6 Å². The smallest absolute Gasteiger partial charge is 0.333 e. The van der Waals surface area contributed by atoms with Gasteiger partial charge < -0.3 is 5.32 Å². The molecule has 0 aliphatic heterocycles. The average Bonchev–Trinajstić information content (AvgIpc) is 3.39. The number of nitrogens with zero attached hydrogens (tertiary/aromatic N) is 3. The number of hydrogen-bond acceptors (Lipinski definition) is 6. The van der Waals surface area contributed by atoms with Gasteiger partial charge in [-0.2, -0.15) is 18.0 Å². The van der Waals surface area contributed by atoms with Crippen LogP contribution in [0.5, 0.6) is 0 Å². The first kappa shape index (κ1) is 19.9. The third kappa shape index (κ3) is 4.25. The highest BCUT2D eigenvalue weighted by molar-refractivity contribution is 7.84. The molecule has 0 saturated heterocycles. The molecule has 5 rings (SSSR count). The molecular weight excluding hydrogens is 414 g/mol. The van der Waals surface area contributed by atoms with E-state index in [4.69, 9.17) is 14.4 Å². The second-order valence-electron chi connectivity index (χ2n) is 7.95. The van der Waals surface area contributed by atoms with Crippen LogP contribution in [-0.4, -0.2) is 35.7 Å². The van der Waals surface area contributed by atoms with Gasteiger partial charge in [-0.05, 0) is 42.0 Å². The Kier molecular flexibility index (Phi) is 5.09. The number of nitrogens with two attached hydrogens (primary N) is 1. The quantitative estimate of drug-likeness (QED) is 0.478. The van der Waals surface area contributed by atoms with Gasteiger partial charge in [-0.1, -0.05) is 42.5 Å². The van der Waals surface area contributed by atoms with Gasteiger partial charge in [-0.3, -0.25) is 4.18 Å². The summed E-state index contributed by atoms with van der Waals surface area (Å²) in [4.78, 5) is 4.47. The van der Waals surface area contributed by atoms with Crippen LogP contribution in [0.4, 0.5) is 5.82 Å². The van der Waals surface area contributed by atoms with E-state index in [-0.39, 0.29) is 18.6 Å². The van der Waals surface area contributed by atoms with Crippen LogP contribution in [0.15, 0.2) is 60.8 Å². The monoisotopic (exact) mass is 437 g/mol. The lowest BCUT2D eigenvalue weighted by Gasteiger charge is -2.15. The summed E-state index contributed by atoms with van der Waals surface area (Å²) in [5.41, 5.74) is 2.69. The minimum absolute atomic E-state index is 0.121. The third-order valence-corrected chi connectivity index (χ3v) is 6.25. The largest absolute Gasteiger partial charge is 0.367 e. The fraction of sp³-hybridized carbons (Fsp3) is 0.273. The van der Waals surface area contributed by atoms with E-state index in [1.165, 1.54) is 5.39 Å². The van der Waals surface area contributed by atoms with E-state index in [1.807, 2.05) is 34.8 Å². The predicted molar refractivity (Wildman–Crippen MR) is 120 cm³/mol. The van der Waals surface area contributed by atoms with E-state index >= 15 is 0 Å². The maximum absolute atomic E-state index is 11.0. The van der Waals surface area contributed by atoms with Crippen molar-refractivity contribution in [1.29, 1.82) is 0 Å². The van der Waals surface area contributed by atoms with Crippen molar-refractivity contribution >= 4 is 32.5 Å². The van der Waals surface area contributed by atoms with Crippen molar-refractivity contribution in [2.45, 2.75) is 25.3 Å². The highest BCUT2D eigenvalue weighted by Gasteiger charge is 2.26. The lowest BCUT2D eigenvalue weighted by molar-refractivity contribution is 0.256. The zero-order chi connectivity index (χ0) is 21.4. The average molecular weight is 438 g/mol. The summed E-state index contributed by atoms with van der Waals surface area (Å²) in [7, 11) is -3.90. The molecule has 2 aromatic heterocycles. The second-order valence-corrected chi connectivity index (χ2v) is 9.18. The lowest BCUT2D eigenvalue weighted by atomic mass is 10.0. The van der Waals surface area contributed by atoms with E-state index in [0.717, 1.165) is 47.4 Å². The molecular formula is C22H23N5O3S. The number of rotatable bonds is 6. The maximum atomic E-state index is 11.0. The SMILES string of the molecule is NS(=O)(=O)OCC1CCC(Nc2ccnc3cc(-c4cccc5ccccc45)nn23)C1. The Morgan fingerprint density at radius 2 is 1.97 bits per heavy atom. The van der Waals surface area contributed by atoms with Crippen LogP contribution in [-0.2, 0) is 14.5 Å². The third-order valence-electron chi connectivity index (χ3n) is 5.78. The van der Waals surface area contributed by atoms with Crippen LogP contribution < -0.4 is 10.5 Å². The van der Waals surface area contributed by atoms with Crippen molar-refractivity contribution in [3.63, 3.8) is 0 Å². The Balaban J connectivity index is 1.39. The first-order chi connectivity index (χ1) is 15.0. The zero-order valence-electron chi connectivity index (χ0n) is 16.8. The fourth-order valence-corrected chi connectivity index (χ4v) is 4.72. The van der Waals surface area contributed by atoms with E-state index in [0.29, 0.717) is 0 Å². The summed E-state index contributed by atoms with van der Waals surface area (Å²) < 4.78 is 28.6. The van der Waals surface area contributed by atoms with Crippen molar-refractivity contribution in [1.82, 2.24) is 14.6 Å². The Morgan fingerprint density at radius 3 is 2.84 bits per heavy atom. The molecule has 9 heteroatoms. The van der Waals surface area contributed by atoms with Crippen LogP contribution in [0.3, 0.4) is 0 Å². The molecule has 0 spiro atoms. The molecule has 8 nitrogen and oxygen atoms in total. The maximum Gasteiger partial charge on any atom is 0.333 e. The Hall–Kier alpha value is -3.01. The molecule has 1 aliphatic rings. The number of aromatic nitrogens is 3. The number of fused-ring (bicyclic) bond motifs is 2. The summed E-state index contributed by atoms with van der Waals surface area (Å²) in [5, 5.41) is 15.6. The summed E-state index contributed by atoms with van der Waals surface area (Å²) in [6.45, 7) is 0.121. The predicted octanol–water partition coefficient (Wildman–Crippen LogP) is 3.35. The molecule has 2 aromatic carbocycles. The van der Waals surface area contributed by atoms with Gasteiger partial charge in [0.25, 0.3) is 0 Å². The minimum Gasteiger partial charge on any atom is -0.367 e. The van der Waals surface area contributed by atoms with Crippen LogP contribution >= 0.6 is 0 Å². The lowest BCUT2D eigenvalue weighted by Crippen LogP contribution is -2.21. The van der Waals surface area contributed by atoms with Crippen molar-refractivity contribution < 1.29 is 12.6 Å². The Labute approximate surface area is 180 Å². The van der Waals surface area contributed by atoms with Gasteiger partial charge in [0.1, 0.15) is 5.82 Å². The van der Waals surface area contributed by atoms with Crippen LogP contribution in [0.25, 0.3) is 27.7 Å². The van der Waals surface area contributed by atoms with Gasteiger partial charge in [-0.25, -0.2) is 10.1 Å². The zero-order valence-corrected chi connectivity index (χ0v) is 17.6. The molecule has 2 heterocycles. The molecule has 1 aliphatic carbocycles. The molecule has 0 amide bonds. The molecule has 1 fully saturated rings. The van der Waals surface area contributed by atoms with Crippen molar-refractivity contribution in [2.24, 2.45) is 11.1 Å². The first-order valence-electron chi connectivity index (χ1n) is 10.2. The fourth-order valence-electron chi connectivity index (χ4n) is 4.34. The standard InChI is InChI=1S/C22H23N5O3S/c23-31(28,29)30-14-15-8-9-17(12-15)25-21-10-11-24-22-13-20(26-27(21)22)19-7-3-5-16-4-1-2-6-18(16)19/h1-7,10-11,13,15,17,25H,8-9,12,14H2,(H2,23,28,29). The molecule has 4 aromatic rings. The number of nitrogens with one attached hydrogen (secondary N) is 1. The molecule has 0 radical (unpaired) electrons. The van der Waals surface area contributed by atoms with Gasteiger partial charge in [0.15, 0.2) is 5.65 Å².